The first kappa shape index (κ1) is 35.4. The van der Waals surface area contributed by atoms with Crippen LogP contribution in [0.15, 0.2) is 88.3 Å². The quantitative estimate of drug-likeness (QED) is 0.175. The number of ether oxygens (including phenoxy) is 3. The molecule has 0 radical (unpaired) electrons. The molecule has 0 bridgehead atoms. The van der Waals surface area contributed by atoms with Gasteiger partial charge >= 0.3 is 6.09 Å². The summed E-state index contributed by atoms with van der Waals surface area (Å²) >= 11 is 2.22. The maximum atomic E-state index is 14.0. The van der Waals surface area contributed by atoms with Gasteiger partial charge in [0.05, 0.1) is 36.2 Å². The first-order valence-corrected chi connectivity index (χ1v) is 18.7. The Hall–Kier alpha value is -3.41. The topological polar surface area (TPSA) is 153 Å². The number of fused-ring (bicyclic) bond motifs is 1. The first-order valence-electron chi connectivity index (χ1n) is 16.2. The number of carbonyl (C=O) groups is 1. The summed E-state index contributed by atoms with van der Waals surface area (Å²) in [5.74, 6) is 0.593. The summed E-state index contributed by atoms with van der Waals surface area (Å²) < 4.78 is 52.7. The number of hydrogen-bond acceptors (Lipinski definition) is 10. The van der Waals surface area contributed by atoms with E-state index >= 15 is 0 Å². The van der Waals surface area contributed by atoms with Gasteiger partial charge in [0.1, 0.15) is 6.10 Å². The molecule has 14 heteroatoms. The van der Waals surface area contributed by atoms with E-state index in [4.69, 9.17) is 18.7 Å². The minimum absolute atomic E-state index is 0.0450. The lowest BCUT2D eigenvalue weighted by atomic mass is 10.0. The summed E-state index contributed by atoms with van der Waals surface area (Å²) in [6.07, 6.45) is -1.83. The zero-order chi connectivity index (χ0) is 34.5. The van der Waals surface area contributed by atoms with E-state index in [1.807, 2.05) is 68.4 Å². The molecule has 260 valence electrons. The molecule has 12 nitrogen and oxygen atoms in total. The second-order valence-corrected chi connectivity index (χ2v) is 15.8. The number of alkyl carbamates (subject to hydrolysis) is 1. The normalized spacial score (nSPS) is 20.3. The summed E-state index contributed by atoms with van der Waals surface area (Å²) in [6, 6.07) is 22.4. The van der Waals surface area contributed by atoms with Crippen LogP contribution in [0.4, 0.5) is 4.79 Å². The molecule has 2 fully saturated rings. The second-order valence-electron chi connectivity index (χ2n) is 12.6. The molecule has 3 unspecified atom stereocenters. The van der Waals surface area contributed by atoms with Crippen LogP contribution in [-0.2, 0) is 30.7 Å². The van der Waals surface area contributed by atoms with Crippen LogP contribution < -0.4 is 5.32 Å². The highest BCUT2D eigenvalue weighted by Crippen LogP contribution is 2.33. The number of hydrogen-bond donors (Lipinski definition) is 2. The van der Waals surface area contributed by atoms with E-state index in [0.29, 0.717) is 23.9 Å². The number of benzene rings is 3. The monoisotopic (exact) mass is 802 g/mol. The predicted molar refractivity (Wildman–Crippen MR) is 189 cm³/mol. The lowest BCUT2D eigenvalue weighted by molar-refractivity contribution is -0.0907. The van der Waals surface area contributed by atoms with Gasteiger partial charge in [-0.25, -0.2) is 13.2 Å². The Labute approximate surface area is 299 Å². The van der Waals surface area contributed by atoms with E-state index in [1.165, 1.54) is 16.4 Å². The second kappa shape index (κ2) is 15.6. The Morgan fingerprint density at radius 3 is 2.45 bits per heavy atom. The number of aliphatic hydroxyl groups excluding tert-OH is 1. The summed E-state index contributed by atoms with van der Waals surface area (Å²) in [5, 5.41) is 18.5. The Balaban J connectivity index is 1.17. The van der Waals surface area contributed by atoms with Crippen molar-refractivity contribution in [3.05, 3.63) is 88.0 Å². The summed E-state index contributed by atoms with van der Waals surface area (Å²) in [4.78, 5) is 17.7. The van der Waals surface area contributed by atoms with Crippen molar-refractivity contribution in [1.82, 2.24) is 19.8 Å². The Morgan fingerprint density at radius 1 is 1.02 bits per heavy atom. The molecule has 0 spiro atoms. The third-order valence-electron chi connectivity index (χ3n) is 8.54. The highest BCUT2D eigenvalue weighted by Gasteiger charge is 2.44. The Morgan fingerprint density at radius 2 is 1.73 bits per heavy atom. The van der Waals surface area contributed by atoms with Crippen LogP contribution in [0.2, 0.25) is 0 Å². The molecule has 2 aliphatic rings. The predicted octanol–water partition coefficient (Wildman–Crippen LogP) is 5.11. The molecule has 49 heavy (non-hydrogen) atoms. The number of nitrogens with zero attached hydrogens (tertiary/aromatic N) is 3. The van der Waals surface area contributed by atoms with Crippen molar-refractivity contribution in [3.63, 3.8) is 0 Å². The van der Waals surface area contributed by atoms with Gasteiger partial charge in [0.15, 0.2) is 6.29 Å². The standard InChI is InChI=1S/C35H39IN4O8S/c1-22(2)19-40(49(43,44)27-14-10-24(11-15-27)32-38-33(48-39-32)25-8-12-26(36)13-9-25)20-30(41)29(18-23-6-4-3-5-7-23)37-35(42)47-31-21-46-34-28(31)16-17-45-34/h3-15,22,28-31,34,41H,16-21H2,1-2H3,(H,37,42)/t28?,29-,30+,31?,34?/m0/s1. The number of halogens is 1. The molecule has 2 saturated heterocycles. The van der Waals surface area contributed by atoms with Crippen molar-refractivity contribution in [3.8, 4) is 22.8 Å². The van der Waals surface area contributed by atoms with Crippen LogP contribution in [0, 0.1) is 15.4 Å². The van der Waals surface area contributed by atoms with E-state index in [1.54, 1.807) is 12.1 Å². The van der Waals surface area contributed by atoms with Gasteiger partial charge in [-0.15, -0.1) is 0 Å². The van der Waals surface area contributed by atoms with Crippen molar-refractivity contribution >= 4 is 38.7 Å². The fourth-order valence-electron chi connectivity index (χ4n) is 6.01. The molecular weight excluding hydrogens is 763 g/mol. The number of amides is 1. The third kappa shape index (κ3) is 8.67. The zero-order valence-electron chi connectivity index (χ0n) is 27.1. The van der Waals surface area contributed by atoms with E-state index in [-0.39, 0.29) is 49.1 Å². The van der Waals surface area contributed by atoms with Crippen LogP contribution in [0.1, 0.15) is 25.8 Å². The summed E-state index contributed by atoms with van der Waals surface area (Å²) in [5.41, 5.74) is 2.23. The Kier molecular flexibility index (Phi) is 11.3. The molecule has 0 aliphatic carbocycles. The average Bonchev–Trinajstić information content (AvgIpc) is 3.85. The van der Waals surface area contributed by atoms with Gasteiger partial charge in [-0.2, -0.15) is 9.29 Å². The number of rotatable bonds is 13. The number of carbonyl (C=O) groups excluding carboxylic acids is 1. The molecule has 5 atom stereocenters. The van der Waals surface area contributed by atoms with Crippen LogP contribution in [0.3, 0.4) is 0 Å². The SMILES string of the molecule is CC(C)CN(C[C@@H](O)[C@H](Cc1ccccc1)NC(=O)OC1COC2OCCC12)S(=O)(=O)c1ccc(-c2noc(-c3ccc(I)cc3)n2)cc1. The van der Waals surface area contributed by atoms with Crippen molar-refractivity contribution in [2.45, 2.75) is 56.1 Å². The Bertz CT molecular complexity index is 1810. The molecule has 3 aromatic carbocycles. The van der Waals surface area contributed by atoms with Crippen LogP contribution >= 0.6 is 22.6 Å². The van der Waals surface area contributed by atoms with Crippen molar-refractivity contribution < 1.29 is 37.1 Å². The number of nitrogens with one attached hydrogen (secondary N) is 1. The molecule has 6 rings (SSSR count). The molecule has 3 heterocycles. The maximum Gasteiger partial charge on any atom is 0.407 e. The van der Waals surface area contributed by atoms with Gasteiger partial charge in [0.2, 0.25) is 15.8 Å². The highest BCUT2D eigenvalue weighted by atomic mass is 127. The molecular formula is C35H39IN4O8S. The third-order valence-corrected chi connectivity index (χ3v) is 11.1. The summed E-state index contributed by atoms with van der Waals surface area (Å²) in [6.45, 7) is 4.47. The van der Waals surface area contributed by atoms with Crippen molar-refractivity contribution in [1.29, 1.82) is 0 Å². The van der Waals surface area contributed by atoms with Gasteiger partial charge in [-0.05, 0) is 95.4 Å². The minimum atomic E-state index is -4.06. The average molecular weight is 803 g/mol. The minimum Gasteiger partial charge on any atom is -0.443 e. The van der Waals surface area contributed by atoms with E-state index in [0.717, 1.165) is 21.1 Å². The van der Waals surface area contributed by atoms with E-state index in [2.05, 4.69) is 38.0 Å². The summed E-state index contributed by atoms with van der Waals surface area (Å²) in [7, 11) is -4.06. The maximum absolute atomic E-state index is 14.0. The van der Waals surface area contributed by atoms with Gasteiger partial charge < -0.3 is 29.2 Å². The van der Waals surface area contributed by atoms with Gasteiger partial charge in [-0.3, -0.25) is 0 Å². The molecule has 2 aliphatic heterocycles. The first-order chi connectivity index (χ1) is 23.6. The van der Waals surface area contributed by atoms with E-state index in [9.17, 15) is 18.3 Å². The smallest absolute Gasteiger partial charge is 0.407 e. The fourth-order valence-corrected chi connectivity index (χ4v) is 7.99. The van der Waals surface area contributed by atoms with Crippen LogP contribution in [-0.4, -0.2) is 84.9 Å². The molecule has 0 saturated carbocycles. The van der Waals surface area contributed by atoms with Gasteiger partial charge in [0.25, 0.3) is 5.89 Å². The molecule has 4 aromatic rings. The van der Waals surface area contributed by atoms with Gasteiger partial charge in [0, 0.05) is 27.8 Å². The molecule has 2 N–H and O–H groups in total. The zero-order valence-corrected chi connectivity index (χ0v) is 30.1. The number of aliphatic hydroxyl groups is 1. The fraction of sp³-hybridized carbons (Fsp3) is 0.400. The molecule has 1 amide bonds. The largest absolute Gasteiger partial charge is 0.443 e. The van der Waals surface area contributed by atoms with Crippen LogP contribution in [0.25, 0.3) is 22.8 Å². The number of sulfonamides is 1. The lowest BCUT2D eigenvalue weighted by Crippen LogP contribution is -2.51. The van der Waals surface area contributed by atoms with Crippen LogP contribution in [0.5, 0.6) is 0 Å². The lowest BCUT2D eigenvalue weighted by Gasteiger charge is -2.31. The van der Waals surface area contributed by atoms with E-state index < -0.39 is 34.4 Å². The van der Waals surface area contributed by atoms with Gasteiger partial charge in [-0.1, -0.05) is 49.3 Å². The highest BCUT2D eigenvalue weighted by molar-refractivity contribution is 14.1. The number of aromatic nitrogens is 2. The van der Waals surface area contributed by atoms with Crippen molar-refractivity contribution in [2.75, 3.05) is 26.3 Å². The molecule has 1 aromatic heterocycles. The van der Waals surface area contributed by atoms with Crippen molar-refractivity contribution in [2.24, 2.45) is 11.8 Å².